The van der Waals surface area contributed by atoms with Gasteiger partial charge in [0.2, 0.25) is 0 Å². The van der Waals surface area contributed by atoms with Crippen molar-refractivity contribution >= 4 is 46.1 Å². The molecule has 2 aromatic rings. The molecule has 0 spiro atoms. The molecule has 10 heteroatoms. The Morgan fingerprint density at radius 3 is 2.68 bits per heavy atom. The molecule has 0 bridgehead atoms. The van der Waals surface area contributed by atoms with Gasteiger partial charge < -0.3 is 15.0 Å². The molecule has 148 valence electrons. The highest BCUT2D eigenvalue weighted by atomic mass is 35.5. The van der Waals surface area contributed by atoms with E-state index in [1.807, 2.05) is 4.90 Å². The first kappa shape index (κ1) is 20.4. The van der Waals surface area contributed by atoms with E-state index in [0.717, 1.165) is 32.8 Å². The summed E-state index contributed by atoms with van der Waals surface area (Å²) in [6.07, 6.45) is 1.66. The molecule has 1 aliphatic rings. The van der Waals surface area contributed by atoms with E-state index < -0.39 is 4.92 Å². The van der Waals surface area contributed by atoms with Crippen molar-refractivity contribution in [3.63, 3.8) is 0 Å². The fraction of sp³-hybridized carbons (Fsp3) is 0.333. The quantitative estimate of drug-likeness (QED) is 0.432. The Labute approximate surface area is 173 Å². The predicted molar refractivity (Wildman–Crippen MR) is 113 cm³/mol. The fourth-order valence-electron chi connectivity index (χ4n) is 2.80. The monoisotopic (exact) mass is 421 g/mol. The first-order valence-corrected chi connectivity index (χ1v) is 9.57. The van der Waals surface area contributed by atoms with Crippen LogP contribution in [0.15, 0.2) is 42.6 Å². The largest absolute Gasteiger partial charge is 0.379 e. The summed E-state index contributed by atoms with van der Waals surface area (Å²) in [6, 6.07) is 9.61. The average molecular weight is 422 g/mol. The van der Waals surface area contributed by atoms with E-state index in [1.165, 1.54) is 12.1 Å². The number of nitro benzene ring substituents is 1. The maximum Gasteiger partial charge on any atom is 0.269 e. The number of pyridine rings is 1. The normalized spacial score (nSPS) is 14.5. The number of benzene rings is 1. The van der Waals surface area contributed by atoms with E-state index in [-0.39, 0.29) is 5.69 Å². The van der Waals surface area contributed by atoms with Gasteiger partial charge in [-0.15, -0.1) is 0 Å². The molecule has 1 N–H and O–H groups in total. The lowest BCUT2D eigenvalue weighted by Gasteiger charge is -2.31. The number of nitrogens with zero attached hydrogens (tertiary/aromatic N) is 4. The molecule has 28 heavy (non-hydrogen) atoms. The van der Waals surface area contributed by atoms with E-state index in [4.69, 9.17) is 28.6 Å². The summed E-state index contributed by atoms with van der Waals surface area (Å²) < 4.78 is 5.39. The molecule has 0 atom stereocenters. The van der Waals surface area contributed by atoms with Crippen molar-refractivity contribution in [3.8, 4) is 0 Å². The zero-order valence-electron chi connectivity index (χ0n) is 15.1. The van der Waals surface area contributed by atoms with Crippen molar-refractivity contribution in [1.29, 1.82) is 0 Å². The number of halogens is 1. The molecule has 1 fully saturated rings. The van der Waals surface area contributed by atoms with E-state index in [2.05, 4.69) is 15.2 Å². The summed E-state index contributed by atoms with van der Waals surface area (Å²) >= 11 is 11.9. The van der Waals surface area contributed by atoms with Gasteiger partial charge in [-0.1, -0.05) is 11.6 Å². The van der Waals surface area contributed by atoms with Crippen LogP contribution < -0.4 is 10.2 Å². The minimum Gasteiger partial charge on any atom is -0.379 e. The Balaban J connectivity index is 1.74. The number of nitro groups is 1. The van der Waals surface area contributed by atoms with E-state index in [0.29, 0.717) is 28.2 Å². The molecule has 1 saturated heterocycles. The van der Waals surface area contributed by atoms with Crippen LogP contribution in [0.3, 0.4) is 0 Å². The molecule has 1 aliphatic heterocycles. The van der Waals surface area contributed by atoms with Crippen molar-refractivity contribution in [1.82, 2.24) is 9.88 Å². The highest BCUT2D eigenvalue weighted by molar-refractivity contribution is 7.80. The lowest BCUT2D eigenvalue weighted by Crippen LogP contribution is -2.44. The van der Waals surface area contributed by atoms with E-state index in [9.17, 15) is 10.1 Å². The van der Waals surface area contributed by atoms with Crippen LogP contribution in [0.1, 0.15) is 0 Å². The predicted octanol–water partition coefficient (Wildman–Crippen LogP) is 3.18. The number of aromatic nitrogens is 1. The second-order valence-corrected chi connectivity index (χ2v) is 6.94. The molecular weight excluding hydrogens is 402 g/mol. The van der Waals surface area contributed by atoms with Crippen molar-refractivity contribution in [2.45, 2.75) is 0 Å². The van der Waals surface area contributed by atoms with Crippen molar-refractivity contribution < 1.29 is 9.66 Å². The van der Waals surface area contributed by atoms with Crippen LogP contribution in [0, 0.1) is 10.1 Å². The summed E-state index contributed by atoms with van der Waals surface area (Å²) in [5, 5.41) is 14.8. The summed E-state index contributed by atoms with van der Waals surface area (Å²) in [6.45, 7) is 4.54. The third-order valence-electron chi connectivity index (χ3n) is 4.31. The van der Waals surface area contributed by atoms with Gasteiger partial charge in [0, 0.05) is 50.2 Å². The first-order valence-electron chi connectivity index (χ1n) is 8.78. The number of hydrogen-bond acceptors (Lipinski definition) is 6. The number of rotatable bonds is 6. The van der Waals surface area contributed by atoms with Crippen LogP contribution in [-0.4, -0.2) is 59.3 Å². The third kappa shape index (κ3) is 5.35. The average Bonchev–Trinajstić information content (AvgIpc) is 2.70. The molecule has 3 rings (SSSR count). The molecule has 0 amide bonds. The van der Waals surface area contributed by atoms with Crippen molar-refractivity contribution in [3.05, 3.63) is 57.7 Å². The lowest BCUT2D eigenvalue weighted by atomic mass is 10.3. The van der Waals surface area contributed by atoms with Gasteiger partial charge in [0.15, 0.2) is 10.9 Å². The maximum atomic E-state index is 10.8. The van der Waals surface area contributed by atoms with Crippen LogP contribution in [-0.2, 0) is 4.74 Å². The van der Waals surface area contributed by atoms with Crippen LogP contribution >= 0.6 is 23.8 Å². The summed E-state index contributed by atoms with van der Waals surface area (Å²) in [7, 11) is 0. The molecule has 1 aromatic carbocycles. The van der Waals surface area contributed by atoms with Gasteiger partial charge in [-0.3, -0.25) is 15.0 Å². The summed E-state index contributed by atoms with van der Waals surface area (Å²) in [5.74, 6) is 0.567. The Bertz CT molecular complexity index is 830. The fourth-order valence-corrected chi connectivity index (χ4v) is 3.32. The van der Waals surface area contributed by atoms with Gasteiger partial charge in [-0.25, -0.2) is 4.98 Å². The molecular formula is C18H20ClN5O3S. The SMILES string of the molecule is O=[N+]([O-])c1ccc(NC(=S)N(CCN2CCOCC2)c2ncccc2Cl)cc1. The van der Waals surface area contributed by atoms with Crippen molar-refractivity contribution in [2.24, 2.45) is 0 Å². The third-order valence-corrected chi connectivity index (χ3v) is 4.93. The van der Waals surface area contributed by atoms with Crippen LogP contribution in [0.4, 0.5) is 17.2 Å². The number of nitrogens with one attached hydrogen (secondary N) is 1. The Kier molecular flexibility index (Phi) is 7.10. The second-order valence-electron chi connectivity index (χ2n) is 6.15. The molecule has 0 unspecified atom stereocenters. The Morgan fingerprint density at radius 1 is 1.32 bits per heavy atom. The standard InChI is InChI=1S/C18H20ClN5O3S/c19-16-2-1-7-20-17(16)23(9-8-22-10-12-27-13-11-22)18(28)21-14-3-5-15(6-4-14)24(25)26/h1-7H,8-13H2,(H,21,28). The van der Waals surface area contributed by atoms with Crippen LogP contribution in [0.2, 0.25) is 5.02 Å². The Morgan fingerprint density at radius 2 is 2.04 bits per heavy atom. The van der Waals surface area contributed by atoms with Gasteiger partial charge in [-0.2, -0.15) is 0 Å². The van der Waals surface area contributed by atoms with E-state index >= 15 is 0 Å². The topological polar surface area (TPSA) is 83.8 Å². The molecule has 0 saturated carbocycles. The van der Waals surface area contributed by atoms with Gasteiger partial charge in [0.1, 0.15) is 0 Å². The van der Waals surface area contributed by atoms with Crippen molar-refractivity contribution in [2.75, 3.05) is 49.6 Å². The molecule has 0 radical (unpaired) electrons. The zero-order chi connectivity index (χ0) is 19.9. The number of ether oxygens (including phenoxy) is 1. The number of thiocarbonyl (C=S) groups is 1. The van der Waals surface area contributed by atoms with Crippen LogP contribution in [0.25, 0.3) is 0 Å². The van der Waals surface area contributed by atoms with Gasteiger partial charge in [0.25, 0.3) is 5.69 Å². The molecule has 1 aromatic heterocycles. The molecule has 2 heterocycles. The number of morpholine rings is 1. The zero-order valence-corrected chi connectivity index (χ0v) is 16.7. The summed E-state index contributed by atoms with van der Waals surface area (Å²) in [4.78, 5) is 18.9. The molecule has 8 nitrogen and oxygen atoms in total. The van der Waals surface area contributed by atoms with Gasteiger partial charge in [0.05, 0.1) is 23.2 Å². The number of anilines is 2. The van der Waals surface area contributed by atoms with E-state index in [1.54, 1.807) is 30.5 Å². The summed E-state index contributed by atoms with van der Waals surface area (Å²) in [5.41, 5.74) is 0.674. The maximum absolute atomic E-state index is 10.8. The minimum absolute atomic E-state index is 0.0217. The first-order chi connectivity index (χ1) is 13.5. The highest BCUT2D eigenvalue weighted by Crippen LogP contribution is 2.24. The second kappa shape index (κ2) is 9.74. The minimum atomic E-state index is -0.440. The Hall–Kier alpha value is -2.33. The number of hydrogen-bond donors (Lipinski definition) is 1. The molecule has 0 aliphatic carbocycles. The lowest BCUT2D eigenvalue weighted by molar-refractivity contribution is -0.384. The van der Waals surface area contributed by atoms with Gasteiger partial charge in [-0.05, 0) is 36.5 Å². The highest BCUT2D eigenvalue weighted by Gasteiger charge is 2.19. The van der Waals surface area contributed by atoms with Crippen LogP contribution in [0.5, 0.6) is 0 Å². The van der Waals surface area contributed by atoms with Gasteiger partial charge >= 0.3 is 0 Å². The smallest absolute Gasteiger partial charge is 0.269 e. The number of non-ortho nitro benzene ring substituents is 1.